The largest absolute Gasteiger partial charge is 0.491 e. The van der Waals surface area contributed by atoms with Crippen LogP contribution in [0.2, 0.25) is 0 Å². The van der Waals surface area contributed by atoms with Crippen molar-refractivity contribution >= 4 is 23.2 Å². The molecule has 1 aromatic heterocycles. The van der Waals surface area contributed by atoms with Crippen LogP contribution in [0.5, 0.6) is 5.75 Å². The Morgan fingerprint density at radius 2 is 1.62 bits per heavy atom. The first-order valence-electron chi connectivity index (χ1n) is 9.42. The third kappa shape index (κ3) is 5.68. The van der Waals surface area contributed by atoms with E-state index in [9.17, 15) is 9.59 Å². The van der Waals surface area contributed by atoms with Crippen LogP contribution in [0.15, 0.2) is 60.0 Å². The van der Waals surface area contributed by atoms with E-state index >= 15 is 0 Å². The Balaban J connectivity index is 1.43. The number of ether oxygens (including phenoxy) is 1. The lowest BCUT2D eigenvalue weighted by Gasteiger charge is -2.12. The molecule has 0 bridgehead atoms. The molecule has 2 aromatic carbocycles. The topological polar surface area (TPSA) is 67.4 Å². The third-order valence-corrected chi connectivity index (χ3v) is 5.33. The second kappa shape index (κ2) is 9.89. The smallest absolute Gasteiger partial charge is 0.261 e. The normalized spacial score (nSPS) is 10.4. The number of carbonyl (C=O) groups excluding carboxylic acids is 2. The maximum absolute atomic E-state index is 12.3. The molecule has 6 heteroatoms. The number of thiophene rings is 1. The zero-order chi connectivity index (χ0) is 20.6. The lowest BCUT2D eigenvalue weighted by Crippen LogP contribution is -2.28. The van der Waals surface area contributed by atoms with Crippen LogP contribution >= 0.6 is 11.3 Å². The van der Waals surface area contributed by atoms with Gasteiger partial charge in [0, 0.05) is 12.1 Å². The van der Waals surface area contributed by atoms with Crippen molar-refractivity contribution in [3.8, 4) is 5.75 Å². The summed E-state index contributed by atoms with van der Waals surface area (Å²) >= 11 is 1.41. The van der Waals surface area contributed by atoms with Gasteiger partial charge < -0.3 is 15.4 Å². The maximum Gasteiger partial charge on any atom is 0.261 e. The molecule has 1 heterocycles. The molecule has 0 unspecified atom stereocenters. The lowest BCUT2D eigenvalue weighted by atomic mass is 10.1. The van der Waals surface area contributed by atoms with Gasteiger partial charge in [0.25, 0.3) is 11.8 Å². The van der Waals surface area contributed by atoms with Crippen LogP contribution in [-0.2, 0) is 6.54 Å². The quantitative estimate of drug-likeness (QED) is 0.552. The SMILES string of the molecule is Cc1cccc(C)c1OCCNC(=O)c1ccc(CNC(=O)c2cccs2)cc1. The van der Waals surface area contributed by atoms with Gasteiger partial charge in [-0.25, -0.2) is 0 Å². The van der Waals surface area contributed by atoms with Crippen molar-refractivity contribution in [2.75, 3.05) is 13.2 Å². The number of carbonyl (C=O) groups is 2. The van der Waals surface area contributed by atoms with E-state index in [2.05, 4.69) is 10.6 Å². The van der Waals surface area contributed by atoms with Crippen molar-refractivity contribution in [3.05, 3.63) is 87.1 Å². The zero-order valence-corrected chi connectivity index (χ0v) is 17.3. The summed E-state index contributed by atoms with van der Waals surface area (Å²) in [7, 11) is 0. The summed E-state index contributed by atoms with van der Waals surface area (Å²) in [6, 6.07) is 16.8. The minimum Gasteiger partial charge on any atom is -0.491 e. The molecule has 0 aliphatic carbocycles. The van der Waals surface area contributed by atoms with Gasteiger partial charge in [-0.1, -0.05) is 36.4 Å². The average molecular weight is 409 g/mol. The third-order valence-electron chi connectivity index (χ3n) is 4.46. The molecule has 150 valence electrons. The summed E-state index contributed by atoms with van der Waals surface area (Å²) in [6.45, 7) is 5.26. The van der Waals surface area contributed by atoms with Crippen molar-refractivity contribution in [2.24, 2.45) is 0 Å². The Labute approximate surface area is 174 Å². The molecular weight excluding hydrogens is 384 g/mol. The fourth-order valence-corrected chi connectivity index (χ4v) is 3.54. The maximum atomic E-state index is 12.3. The number of para-hydroxylation sites is 1. The van der Waals surface area contributed by atoms with E-state index in [1.165, 1.54) is 11.3 Å². The summed E-state index contributed by atoms with van der Waals surface area (Å²) in [6.07, 6.45) is 0. The van der Waals surface area contributed by atoms with Crippen LogP contribution in [0.4, 0.5) is 0 Å². The minimum atomic E-state index is -0.149. The molecule has 0 radical (unpaired) electrons. The standard InChI is InChI=1S/C23H24N2O3S/c1-16-5-3-6-17(2)21(16)28-13-12-24-22(26)19-10-8-18(9-11-19)15-25-23(27)20-7-4-14-29-20/h3-11,14H,12-13,15H2,1-2H3,(H,24,26)(H,25,27). The second-order valence-electron chi connectivity index (χ2n) is 6.68. The zero-order valence-electron chi connectivity index (χ0n) is 16.5. The highest BCUT2D eigenvalue weighted by Gasteiger charge is 2.08. The van der Waals surface area contributed by atoms with E-state index in [4.69, 9.17) is 4.74 Å². The number of aryl methyl sites for hydroxylation is 2. The molecule has 0 aliphatic rings. The number of rotatable bonds is 8. The molecule has 0 fully saturated rings. The average Bonchev–Trinajstić information content (AvgIpc) is 3.26. The molecule has 5 nitrogen and oxygen atoms in total. The fourth-order valence-electron chi connectivity index (χ4n) is 2.90. The van der Waals surface area contributed by atoms with Gasteiger partial charge >= 0.3 is 0 Å². The van der Waals surface area contributed by atoms with Gasteiger partial charge in [0.1, 0.15) is 12.4 Å². The summed E-state index contributed by atoms with van der Waals surface area (Å²) in [5.74, 6) is 0.630. The number of hydrogen-bond donors (Lipinski definition) is 2. The van der Waals surface area contributed by atoms with Crippen LogP contribution in [-0.4, -0.2) is 25.0 Å². The molecule has 0 aliphatic heterocycles. The van der Waals surface area contributed by atoms with E-state index in [1.54, 1.807) is 18.2 Å². The van der Waals surface area contributed by atoms with Crippen LogP contribution in [0.1, 0.15) is 36.7 Å². The Hall–Kier alpha value is -3.12. The molecule has 0 saturated carbocycles. The van der Waals surface area contributed by atoms with Crippen molar-refractivity contribution in [1.82, 2.24) is 10.6 Å². The van der Waals surface area contributed by atoms with Crippen LogP contribution in [0.25, 0.3) is 0 Å². The predicted octanol–water partition coefficient (Wildman–Crippen LogP) is 4.10. The Bertz CT molecular complexity index is 946. The summed E-state index contributed by atoms with van der Waals surface area (Å²) in [4.78, 5) is 24.9. The van der Waals surface area contributed by atoms with E-state index in [0.29, 0.717) is 30.1 Å². The molecule has 0 spiro atoms. The molecule has 29 heavy (non-hydrogen) atoms. The molecule has 0 atom stereocenters. The molecule has 2 N–H and O–H groups in total. The lowest BCUT2D eigenvalue weighted by molar-refractivity contribution is 0.0941. The first-order chi connectivity index (χ1) is 14.0. The molecule has 3 rings (SSSR count). The monoisotopic (exact) mass is 408 g/mol. The van der Waals surface area contributed by atoms with Gasteiger partial charge in [-0.3, -0.25) is 9.59 Å². The van der Waals surface area contributed by atoms with Crippen molar-refractivity contribution in [3.63, 3.8) is 0 Å². The van der Waals surface area contributed by atoms with Crippen molar-refractivity contribution < 1.29 is 14.3 Å². The predicted molar refractivity (Wildman–Crippen MR) is 116 cm³/mol. The highest BCUT2D eigenvalue weighted by molar-refractivity contribution is 7.12. The first-order valence-corrected chi connectivity index (χ1v) is 10.3. The van der Waals surface area contributed by atoms with Gasteiger partial charge in [0.15, 0.2) is 0 Å². The number of amides is 2. The summed E-state index contributed by atoms with van der Waals surface area (Å²) in [5, 5.41) is 7.61. The first kappa shape index (κ1) is 20.6. The number of hydrogen-bond acceptors (Lipinski definition) is 4. The Kier molecular flexibility index (Phi) is 7.03. The van der Waals surface area contributed by atoms with Crippen LogP contribution in [0.3, 0.4) is 0 Å². The summed E-state index contributed by atoms with van der Waals surface area (Å²) < 4.78 is 5.80. The fraction of sp³-hybridized carbons (Fsp3) is 0.217. The summed E-state index contributed by atoms with van der Waals surface area (Å²) in [5.41, 5.74) is 3.67. The van der Waals surface area contributed by atoms with E-state index in [1.807, 2.05) is 55.6 Å². The second-order valence-corrected chi connectivity index (χ2v) is 7.63. The van der Waals surface area contributed by atoms with Crippen molar-refractivity contribution in [2.45, 2.75) is 20.4 Å². The van der Waals surface area contributed by atoms with E-state index in [0.717, 1.165) is 22.4 Å². The number of nitrogens with one attached hydrogen (secondary N) is 2. The van der Waals surface area contributed by atoms with Gasteiger partial charge in [-0.05, 0) is 54.1 Å². The van der Waals surface area contributed by atoms with Crippen LogP contribution in [0, 0.1) is 13.8 Å². The van der Waals surface area contributed by atoms with Gasteiger partial charge in [0.05, 0.1) is 11.4 Å². The van der Waals surface area contributed by atoms with Gasteiger partial charge in [-0.15, -0.1) is 11.3 Å². The molecule has 2 amide bonds. The van der Waals surface area contributed by atoms with Gasteiger partial charge in [-0.2, -0.15) is 0 Å². The molecule has 3 aromatic rings. The Morgan fingerprint density at radius 1 is 0.897 bits per heavy atom. The molecule has 0 saturated heterocycles. The highest BCUT2D eigenvalue weighted by atomic mass is 32.1. The van der Waals surface area contributed by atoms with E-state index in [-0.39, 0.29) is 11.8 Å². The Morgan fingerprint density at radius 3 is 2.28 bits per heavy atom. The van der Waals surface area contributed by atoms with Crippen molar-refractivity contribution in [1.29, 1.82) is 0 Å². The molecular formula is C23H24N2O3S. The number of benzene rings is 2. The van der Waals surface area contributed by atoms with Crippen LogP contribution < -0.4 is 15.4 Å². The minimum absolute atomic E-state index is 0.0919. The van der Waals surface area contributed by atoms with Gasteiger partial charge in [0.2, 0.25) is 0 Å². The van der Waals surface area contributed by atoms with E-state index < -0.39 is 0 Å². The highest BCUT2D eigenvalue weighted by Crippen LogP contribution is 2.21.